The van der Waals surface area contributed by atoms with E-state index in [0.717, 1.165) is 5.57 Å². The molecule has 0 spiro atoms. The highest BCUT2D eigenvalue weighted by atomic mass is 16.3. The highest BCUT2D eigenvalue weighted by Gasteiger charge is 2.35. The molecule has 0 aromatic carbocycles. The molecule has 0 heterocycles. The van der Waals surface area contributed by atoms with E-state index >= 15 is 0 Å². The van der Waals surface area contributed by atoms with Gasteiger partial charge in [0.1, 0.15) is 5.76 Å². The molecule has 0 radical (unpaired) electrons. The van der Waals surface area contributed by atoms with Crippen LogP contribution in [-0.4, -0.2) is 10.2 Å². The summed E-state index contributed by atoms with van der Waals surface area (Å²) in [6.07, 6.45) is 1.44. The van der Waals surface area contributed by atoms with E-state index in [0.29, 0.717) is 0 Å². The van der Waals surface area contributed by atoms with Crippen LogP contribution in [0.5, 0.6) is 0 Å². The van der Waals surface area contributed by atoms with Crippen molar-refractivity contribution < 1.29 is 10.2 Å². The van der Waals surface area contributed by atoms with Gasteiger partial charge in [0.15, 0.2) is 0 Å². The van der Waals surface area contributed by atoms with E-state index in [2.05, 4.69) is 0 Å². The summed E-state index contributed by atoms with van der Waals surface area (Å²) in [4.78, 5) is 0. The van der Waals surface area contributed by atoms with Crippen molar-refractivity contribution in [2.45, 2.75) is 27.7 Å². The molecular weight excluding hydrogens is 152 g/mol. The molecule has 1 rings (SSSR count). The van der Waals surface area contributed by atoms with E-state index in [1.165, 1.54) is 6.08 Å². The monoisotopic (exact) mass is 168 g/mol. The van der Waals surface area contributed by atoms with Crippen molar-refractivity contribution in [3.8, 4) is 0 Å². The molecule has 2 nitrogen and oxygen atoms in total. The highest BCUT2D eigenvalue weighted by molar-refractivity contribution is 5.31. The van der Waals surface area contributed by atoms with Crippen molar-refractivity contribution in [1.29, 1.82) is 0 Å². The third-order valence-corrected chi connectivity index (χ3v) is 3.16. The van der Waals surface area contributed by atoms with Crippen LogP contribution in [0.1, 0.15) is 27.7 Å². The molecule has 1 aliphatic carbocycles. The average Bonchev–Trinajstić information content (AvgIpc) is 1.99. The zero-order valence-corrected chi connectivity index (χ0v) is 8.05. The van der Waals surface area contributed by atoms with Gasteiger partial charge < -0.3 is 10.2 Å². The van der Waals surface area contributed by atoms with Crippen molar-refractivity contribution in [1.82, 2.24) is 0 Å². The summed E-state index contributed by atoms with van der Waals surface area (Å²) < 4.78 is 0. The standard InChI is InChI=1S/C10H16O2/c1-6-8(11)5-9(12)7(2)10(6,3)4/h5-6,11-12H,1-4H3. The minimum absolute atomic E-state index is 0.0772. The Kier molecular flexibility index (Phi) is 1.94. The summed E-state index contributed by atoms with van der Waals surface area (Å²) in [6.45, 7) is 7.90. The molecule has 0 bridgehead atoms. The quantitative estimate of drug-likeness (QED) is 0.583. The molecule has 0 saturated carbocycles. The zero-order chi connectivity index (χ0) is 9.52. The van der Waals surface area contributed by atoms with Gasteiger partial charge in [0.2, 0.25) is 0 Å². The Balaban J connectivity index is 3.18. The van der Waals surface area contributed by atoms with Crippen LogP contribution in [0, 0.1) is 11.3 Å². The first-order valence-corrected chi connectivity index (χ1v) is 4.18. The predicted octanol–water partition coefficient (Wildman–Crippen LogP) is 2.94. The van der Waals surface area contributed by atoms with Crippen molar-refractivity contribution in [2.75, 3.05) is 0 Å². The maximum Gasteiger partial charge on any atom is 0.118 e. The largest absolute Gasteiger partial charge is 0.512 e. The number of aliphatic hydroxyl groups is 2. The molecule has 0 aromatic heterocycles. The first kappa shape index (κ1) is 9.17. The van der Waals surface area contributed by atoms with Crippen molar-refractivity contribution in [3.05, 3.63) is 23.2 Å². The Bertz CT molecular complexity index is 259. The fraction of sp³-hybridized carbons (Fsp3) is 0.600. The molecule has 2 N–H and O–H groups in total. The topological polar surface area (TPSA) is 40.5 Å². The molecule has 1 aliphatic rings. The SMILES string of the molecule is CC1=C(O)C=C(O)C(C)C1(C)C. The van der Waals surface area contributed by atoms with E-state index in [-0.39, 0.29) is 22.9 Å². The second-order valence-corrected chi connectivity index (χ2v) is 4.02. The summed E-state index contributed by atoms with van der Waals surface area (Å²) >= 11 is 0. The molecule has 0 aromatic rings. The van der Waals surface area contributed by atoms with E-state index in [1.54, 1.807) is 0 Å². The number of hydrogen-bond donors (Lipinski definition) is 2. The van der Waals surface area contributed by atoms with Crippen LogP contribution in [0.4, 0.5) is 0 Å². The lowest BCUT2D eigenvalue weighted by molar-refractivity contribution is 0.211. The summed E-state index contributed by atoms with van der Waals surface area (Å²) in [6, 6.07) is 0. The second kappa shape index (κ2) is 2.54. The van der Waals surface area contributed by atoms with Gasteiger partial charge in [0, 0.05) is 12.0 Å². The van der Waals surface area contributed by atoms with E-state index in [9.17, 15) is 10.2 Å². The summed E-state index contributed by atoms with van der Waals surface area (Å²) in [5.74, 6) is 0.548. The Hall–Kier alpha value is -0.920. The van der Waals surface area contributed by atoms with Gasteiger partial charge in [-0.2, -0.15) is 0 Å². The summed E-state index contributed by atoms with van der Waals surface area (Å²) in [7, 11) is 0. The molecule has 12 heavy (non-hydrogen) atoms. The summed E-state index contributed by atoms with van der Waals surface area (Å²) in [5, 5.41) is 18.9. The third kappa shape index (κ3) is 1.11. The highest BCUT2D eigenvalue weighted by Crippen LogP contribution is 2.42. The number of allylic oxidation sites excluding steroid dienone is 3. The predicted molar refractivity (Wildman–Crippen MR) is 49.0 cm³/mol. The number of hydrogen-bond acceptors (Lipinski definition) is 2. The Morgan fingerprint density at radius 1 is 1.33 bits per heavy atom. The molecular formula is C10H16O2. The van der Waals surface area contributed by atoms with E-state index in [1.807, 2.05) is 27.7 Å². The first-order valence-electron chi connectivity index (χ1n) is 4.18. The third-order valence-electron chi connectivity index (χ3n) is 3.16. The van der Waals surface area contributed by atoms with E-state index in [4.69, 9.17) is 0 Å². The molecule has 68 valence electrons. The van der Waals surface area contributed by atoms with Gasteiger partial charge in [-0.3, -0.25) is 0 Å². The fourth-order valence-corrected chi connectivity index (χ4v) is 1.40. The minimum Gasteiger partial charge on any atom is -0.512 e. The minimum atomic E-state index is -0.150. The first-order chi connectivity index (χ1) is 5.37. The van der Waals surface area contributed by atoms with E-state index < -0.39 is 0 Å². The van der Waals surface area contributed by atoms with Gasteiger partial charge in [-0.15, -0.1) is 0 Å². The molecule has 1 unspecified atom stereocenters. The van der Waals surface area contributed by atoms with Gasteiger partial charge in [0.05, 0.1) is 5.76 Å². The van der Waals surface area contributed by atoms with Gasteiger partial charge >= 0.3 is 0 Å². The molecule has 1 atom stereocenters. The van der Waals surface area contributed by atoms with Crippen LogP contribution in [-0.2, 0) is 0 Å². The van der Waals surface area contributed by atoms with Gasteiger partial charge in [-0.1, -0.05) is 20.8 Å². The number of rotatable bonds is 0. The van der Waals surface area contributed by atoms with Gasteiger partial charge in [-0.25, -0.2) is 0 Å². The van der Waals surface area contributed by atoms with Gasteiger partial charge in [-0.05, 0) is 17.9 Å². The smallest absolute Gasteiger partial charge is 0.118 e. The van der Waals surface area contributed by atoms with Crippen molar-refractivity contribution >= 4 is 0 Å². The Morgan fingerprint density at radius 2 is 1.83 bits per heavy atom. The van der Waals surface area contributed by atoms with Gasteiger partial charge in [0.25, 0.3) is 0 Å². The Labute approximate surface area is 73.2 Å². The van der Waals surface area contributed by atoms with Crippen LogP contribution in [0.3, 0.4) is 0 Å². The van der Waals surface area contributed by atoms with Crippen LogP contribution in [0.15, 0.2) is 23.2 Å². The zero-order valence-electron chi connectivity index (χ0n) is 8.05. The van der Waals surface area contributed by atoms with Crippen LogP contribution < -0.4 is 0 Å². The molecule has 0 fully saturated rings. The molecule has 2 heteroatoms. The second-order valence-electron chi connectivity index (χ2n) is 4.02. The lowest BCUT2D eigenvalue weighted by Crippen LogP contribution is -2.28. The summed E-state index contributed by atoms with van der Waals surface area (Å²) in [5.41, 5.74) is 0.788. The normalized spacial score (nSPS) is 28.7. The van der Waals surface area contributed by atoms with Crippen LogP contribution >= 0.6 is 0 Å². The van der Waals surface area contributed by atoms with Crippen LogP contribution in [0.25, 0.3) is 0 Å². The maximum absolute atomic E-state index is 9.47. The fourth-order valence-electron chi connectivity index (χ4n) is 1.40. The number of aliphatic hydroxyl groups excluding tert-OH is 2. The molecule has 0 saturated heterocycles. The van der Waals surface area contributed by atoms with Crippen molar-refractivity contribution in [2.24, 2.45) is 11.3 Å². The van der Waals surface area contributed by atoms with Crippen LogP contribution in [0.2, 0.25) is 0 Å². The molecule has 0 aliphatic heterocycles. The average molecular weight is 168 g/mol. The Morgan fingerprint density at radius 3 is 2.33 bits per heavy atom. The molecule has 0 amide bonds. The lowest BCUT2D eigenvalue weighted by atomic mass is 9.70. The van der Waals surface area contributed by atoms with Crippen molar-refractivity contribution in [3.63, 3.8) is 0 Å². The maximum atomic E-state index is 9.47. The lowest BCUT2D eigenvalue weighted by Gasteiger charge is -2.35.